The number of fused-ring (bicyclic) bond motifs is 1. The van der Waals surface area contributed by atoms with Crippen LogP contribution < -0.4 is 5.73 Å². The summed E-state index contributed by atoms with van der Waals surface area (Å²) in [6.45, 7) is 2.18. The predicted molar refractivity (Wildman–Crippen MR) is 94.9 cm³/mol. The van der Waals surface area contributed by atoms with Crippen molar-refractivity contribution >= 4 is 22.6 Å². The number of aliphatic hydroxyl groups excluding tert-OH is 1. The Morgan fingerprint density at radius 2 is 2.28 bits per heavy atom. The van der Waals surface area contributed by atoms with Gasteiger partial charge < -0.3 is 20.5 Å². The highest BCUT2D eigenvalue weighted by Crippen LogP contribution is 2.38. The van der Waals surface area contributed by atoms with Crippen LogP contribution in [0.5, 0.6) is 0 Å². The standard InChI is InChI=1S/C19H23N3O3/c20-18-14(9-13-3-1-2-4-15(13)21-18)5-6-17(24)22-8-7-19(11-22)12-25-10-16(19)23/h1-4,9,16,23H,5-8,10-12H2,(H2,20,21)/t16-,19-/m0/s1. The molecule has 1 spiro atoms. The number of ether oxygens (including phenoxy) is 1. The highest BCUT2D eigenvalue weighted by atomic mass is 16.5. The number of carbonyl (C=O) groups excluding carboxylic acids is 1. The quantitative estimate of drug-likeness (QED) is 0.880. The lowest BCUT2D eigenvalue weighted by Crippen LogP contribution is -2.38. The van der Waals surface area contributed by atoms with Crippen LogP contribution in [0.4, 0.5) is 5.82 Å². The second kappa shape index (κ2) is 6.28. The summed E-state index contributed by atoms with van der Waals surface area (Å²) < 4.78 is 5.40. The number of hydrogen-bond donors (Lipinski definition) is 2. The van der Waals surface area contributed by atoms with Crippen LogP contribution in [0.1, 0.15) is 18.4 Å². The lowest BCUT2D eigenvalue weighted by atomic mass is 9.84. The molecule has 132 valence electrons. The second-order valence-corrected chi connectivity index (χ2v) is 7.18. The summed E-state index contributed by atoms with van der Waals surface area (Å²) in [4.78, 5) is 18.9. The van der Waals surface area contributed by atoms with Gasteiger partial charge >= 0.3 is 0 Å². The minimum absolute atomic E-state index is 0.100. The number of pyridine rings is 1. The molecule has 1 aromatic heterocycles. The van der Waals surface area contributed by atoms with E-state index < -0.39 is 6.10 Å². The Morgan fingerprint density at radius 1 is 1.44 bits per heavy atom. The van der Waals surface area contributed by atoms with Gasteiger partial charge in [-0.25, -0.2) is 4.98 Å². The van der Waals surface area contributed by atoms with Gasteiger partial charge in [0, 0.05) is 30.3 Å². The van der Waals surface area contributed by atoms with Crippen molar-refractivity contribution in [2.45, 2.75) is 25.4 Å². The number of aryl methyl sites for hydroxylation is 1. The van der Waals surface area contributed by atoms with Crippen molar-refractivity contribution in [1.29, 1.82) is 0 Å². The van der Waals surface area contributed by atoms with Gasteiger partial charge in [-0.15, -0.1) is 0 Å². The SMILES string of the molecule is Nc1nc2ccccc2cc1CCC(=O)N1CC[C@@]2(COC[C@@H]2O)C1. The van der Waals surface area contributed by atoms with Gasteiger partial charge in [0.2, 0.25) is 5.91 Å². The molecule has 2 fully saturated rings. The highest BCUT2D eigenvalue weighted by Gasteiger charge is 2.48. The lowest BCUT2D eigenvalue weighted by Gasteiger charge is -2.25. The molecule has 0 radical (unpaired) electrons. The number of benzene rings is 1. The van der Waals surface area contributed by atoms with E-state index >= 15 is 0 Å². The van der Waals surface area contributed by atoms with Crippen LogP contribution in [0.3, 0.4) is 0 Å². The lowest BCUT2D eigenvalue weighted by molar-refractivity contribution is -0.130. The van der Waals surface area contributed by atoms with Gasteiger partial charge in [-0.1, -0.05) is 18.2 Å². The maximum absolute atomic E-state index is 12.6. The van der Waals surface area contributed by atoms with E-state index in [1.807, 2.05) is 35.2 Å². The summed E-state index contributed by atoms with van der Waals surface area (Å²) in [6, 6.07) is 9.85. The number of aromatic nitrogens is 1. The van der Waals surface area contributed by atoms with Gasteiger partial charge in [0.1, 0.15) is 5.82 Å². The molecule has 3 heterocycles. The zero-order valence-electron chi connectivity index (χ0n) is 14.1. The molecular weight excluding hydrogens is 318 g/mol. The van der Waals surface area contributed by atoms with Crippen LogP contribution in [0.25, 0.3) is 10.9 Å². The van der Waals surface area contributed by atoms with Crippen LogP contribution >= 0.6 is 0 Å². The topological polar surface area (TPSA) is 88.7 Å². The van der Waals surface area contributed by atoms with Crippen LogP contribution in [-0.2, 0) is 16.0 Å². The predicted octanol–water partition coefficient (Wildman–Crippen LogP) is 1.36. The molecule has 1 amide bonds. The van der Waals surface area contributed by atoms with Gasteiger partial charge in [-0.2, -0.15) is 0 Å². The first kappa shape index (κ1) is 16.3. The Morgan fingerprint density at radius 3 is 3.08 bits per heavy atom. The zero-order valence-corrected chi connectivity index (χ0v) is 14.1. The Hall–Kier alpha value is -2.18. The van der Waals surface area contributed by atoms with E-state index in [2.05, 4.69) is 4.98 Å². The molecule has 0 aliphatic carbocycles. The molecule has 2 atom stereocenters. The average molecular weight is 341 g/mol. The van der Waals surface area contributed by atoms with E-state index in [9.17, 15) is 9.90 Å². The van der Waals surface area contributed by atoms with Crippen molar-refractivity contribution in [1.82, 2.24) is 9.88 Å². The number of para-hydroxylation sites is 1. The molecule has 0 bridgehead atoms. The number of hydrogen-bond acceptors (Lipinski definition) is 5. The summed E-state index contributed by atoms with van der Waals surface area (Å²) in [5, 5.41) is 11.2. The number of anilines is 1. The number of amides is 1. The van der Waals surface area contributed by atoms with Crippen molar-refractivity contribution in [3.8, 4) is 0 Å². The van der Waals surface area contributed by atoms with E-state index in [0.717, 1.165) is 22.9 Å². The summed E-state index contributed by atoms with van der Waals surface area (Å²) in [5.74, 6) is 0.590. The number of aliphatic hydroxyl groups is 1. The third-order valence-corrected chi connectivity index (χ3v) is 5.55. The van der Waals surface area contributed by atoms with Crippen LogP contribution in [-0.4, -0.2) is 53.3 Å². The number of nitrogen functional groups attached to an aromatic ring is 1. The molecule has 0 saturated carbocycles. The summed E-state index contributed by atoms with van der Waals surface area (Å²) in [5.41, 5.74) is 7.56. The Kier molecular flexibility index (Phi) is 4.09. The molecule has 1 aromatic carbocycles. The average Bonchev–Trinajstić information content (AvgIpc) is 3.20. The van der Waals surface area contributed by atoms with Gasteiger partial charge in [0.05, 0.1) is 24.8 Å². The minimum Gasteiger partial charge on any atom is -0.390 e. The van der Waals surface area contributed by atoms with Crippen LogP contribution in [0, 0.1) is 5.41 Å². The van der Waals surface area contributed by atoms with E-state index in [4.69, 9.17) is 10.5 Å². The maximum atomic E-state index is 12.6. The Bertz CT molecular complexity index is 810. The van der Waals surface area contributed by atoms with E-state index in [1.165, 1.54) is 0 Å². The van der Waals surface area contributed by atoms with Crippen molar-refractivity contribution in [3.05, 3.63) is 35.9 Å². The molecule has 2 saturated heterocycles. The number of rotatable bonds is 3. The second-order valence-electron chi connectivity index (χ2n) is 7.18. The molecule has 0 unspecified atom stereocenters. The molecule has 2 aromatic rings. The fraction of sp³-hybridized carbons (Fsp3) is 0.474. The summed E-state index contributed by atoms with van der Waals surface area (Å²) in [7, 11) is 0. The number of carbonyl (C=O) groups is 1. The van der Waals surface area contributed by atoms with E-state index in [0.29, 0.717) is 45.0 Å². The number of likely N-dealkylation sites (tertiary alicyclic amines) is 1. The molecule has 2 aliphatic heterocycles. The Balaban J connectivity index is 1.42. The zero-order chi connectivity index (χ0) is 17.4. The summed E-state index contributed by atoms with van der Waals surface area (Å²) in [6.07, 6.45) is 1.31. The highest BCUT2D eigenvalue weighted by molar-refractivity contribution is 5.82. The monoisotopic (exact) mass is 341 g/mol. The first-order valence-corrected chi connectivity index (χ1v) is 8.75. The molecule has 6 heteroatoms. The fourth-order valence-corrected chi connectivity index (χ4v) is 3.92. The van der Waals surface area contributed by atoms with Crippen molar-refractivity contribution < 1.29 is 14.6 Å². The van der Waals surface area contributed by atoms with E-state index in [1.54, 1.807) is 0 Å². The third kappa shape index (κ3) is 2.96. The Labute approximate surface area is 146 Å². The van der Waals surface area contributed by atoms with Crippen molar-refractivity contribution in [2.75, 3.05) is 32.0 Å². The molecule has 6 nitrogen and oxygen atoms in total. The van der Waals surface area contributed by atoms with Gasteiger partial charge in [0.25, 0.3) is 0 Å². The smallest absolute Gasteiger partial charge is 0.222 e. The molecule has 2 aliphatic rings. The first-order valence-electron chi connectivity index (χ1n) is 8.75. The molecule has 25 heavy (non-hydrogen) atoms. The first-order chi connectivity index (χ1) is 12.1. The molecular formula is C19H23N3O3. The van der Waals surface area contributed by atoms with Crippen LogP contribution in [0.2, 0.25) is 0 Å². The number of nitrogens with zero attached hydrogens (tertiary/aromatic N) is 2. The van der Waals surface area contributed by atoms with E-state index in [-0.39, 0.29) is 11.3 Å². The van der Waals surface area contributed by atoms with Crippen molar-refractivity contribution in [2.24, 2.45) is 5.41 Å². The normalized spacial score (nSPS) is 26.0. The maximum Gasteiger partial charge on any atom is 0.222 e. The van der Waals surface area contributed by atoms with Crippen molar-refractivity contribution in [3.63, 3.8) is 0 Å². The molecule has 4 rings (SSSR count). The minimum atomic E-state index is -0.467. The number of nitrogens with two attached hydrogens (primary N) is 1. The van der Waals surface area contributed by atoms with Gasteiger partial charge in [-0.05, 0) is 30.5 Å². The third-order valence-electron chi connectivity index (χ3n) is 5.55. The van der Waals surface area contributed by atoms with Gasteiger partial charge in [0.15, 0.2) is 0 Å². The van der Waals surface area contributed by atoms with Crippen LogP contribution in [0.15, 0.2) is 30.3 Å². The summed E-state index contributed by atoms with van der Waals surface area (Å²) >= 11 is 0. The largest absolute Gasteiger partial charge is 0.390 e. The molecule has 3 N–H and O–H groups in total. The fourth-order valence-electron chi connectivity index (χ4n) is 3.92. The van der Waals surface area contributed by atoms with Gasteiger partial charge in [-0.3, -0.25) is 4.79 Å².